The molecule has 0 aliphatic carbocycles. The second-order valence-electron chi connectivity index (χ2n) is 5.19. The van der Waals surface area contributed by atoms with Crippen molar-refractivity contribution < 1.29 is 23.0 Å². The molecule has 1 aromatic rings. The van der Waals surface area contributed by atoms with Gasteiger partial charge in [0.25, 0.3) is 0 Å². The van der Waals surface area contributed by atoms with E-state index in [2.05, 4.69) is 15.4 Å². The van der Waals surface area contributed by atoms with Crippen LogP contribution in [0.4, 0.5) is 14.5 Å². The number of nitrogens with one attached hydrogen (secondary N) is 2. The van der Waals surface area contributed by atoms with E-state index in [1.165, 1.54) is 25.3 Å². The van der Waals surface area contributed by atoms with Crippen LogP contribution in [0.25, 0.3) is 0 Å². The van der Waals surface area contributed by atoms with Gasteiger partial charge in [0, 0.05) is 12.5 Å². The van der Waals surface area contributed by atoms with Crippen molar-refractivity contribution in [3.05, 3.63) is 18.2 Å². The Morgan fingerprint density at radius 3 is 2.77 bits per heavy atom. The Kier molecular flexibility index (Phi) is 5.94. The maximum Gasteiger partial charge on any atom is 0.387 e. The molecule has 0 spiro atoms. The van der Waals surface area contributed by atoms with Gasteiger partial charge in [0.2, 0.25) is 5.91 Å². The minimum Gasteiger partial charge on any atom is -0.497 e. The molecule has 1 aromatic carbocycles. The Labute approximate surface area is 128 Å². The first-order chi connectivity index (χ1) is 10.6. The monoisotopic (exact) mass is 314 g/mol. The molecule has 1 aliphatic heterocycles. The lowest BCUT2D eigenvalue weighted by Gasteiger charge is -2.22. The standard InChI is InChI=1S/C15H20F2N2O3/c1-21-11-2-3-13(22-15(16)17)12(9-11)19-14(20)8-10-4-6-18-7-5-10/h2-3,9-10,15,18H,4-8H2,1H3,(H,19,20). The van der Waals surface area contributed by atoms with Crippen LogP contribution in [0.2, 0.25) is 0 Å². The van der Waals surface area contributed by atoms with Gasteiger partial charge in [-0.3, -0.25) is 4.79 Å². The van der Waals surface area contributed by atoms with Crippen LogP contribution in [0.15, 0.2) is 18.2 Å². The number of carbonyl (C=O) groups excluding carboxylic acids is 1. The van der Waals surface area contributed by atoms with Crippen molar-refractivity contribution in [2.45, 2.75) is 25.9 Å². The normalized spacial score (nSPS) is 15.6. The van der Waals surface area contributed by atoms with Crippen molar-refractivity contribution in [1.29, 1.82) is 0 Å². The lowest BCUT2D eigenvalue weighted by Crippen LogP contribution is -2.30. The number of ether oxygens (including phenoxy) is 2. The first-order valence-corrected chi connectivity index (χ1v) is 7.22. The van der Waals surface area contributed by atoms with Crippen LogP contribution in [0, 0.1) is 5.92 Å². The van der Waals surface area contributed by atoms with Crippen LogP contribution in [0.5, 0.6) is 11.5 Å². The second kappa shape index (κ2) is 7.93. The molecule has 0 atom stereocenters. The highest BCUT2D eigenvalue weighted by molar-refractivity contribution is 5.92. The molecule has 22 heavy (non-hydrogen) atoms. The van der Waals surface area contributed by atoms with E-state index in [-0.39, 0.29) is 17.3 Å². The Morgan fingerprint density at radius 1 is 1.41 bits per heavy atom. The third-order valence-electron chi connectivity index (χ3n) is 3.61. The molecule has 1 amide bonds. The number of anilines is 1. The van der Waals surface area contributed by atoms with Crippen molar-refractivity contribution >= 4 is 11.6 Å². The lowest BCUT2D eigenvalue weighted by molar-refractivity contribution is -0.117. The van der Waals surface area contributed by atoms with E-state index in [9.17, 15) is 13.6 Å². The summed E-state index contributed by atoms with van der Waals surface area (Å²) in [7, 11) is 1.46. The first kappa shape index (κ1) is 16.5. The first-order valence-electron chi connectivity index (χ1n) is 7.22. The van der Waals surface area contributed by atoms with Gasteiger partial charge in [0.15, 0.2) is 0 Å². The van der Waals surface area contributed by atoms with Gasteiger partial charge < -0.3 is 20.1 Å². The topological polar surface area (TPSA) is 59.6 Å². The van der Waals surface area contributed by atoms with Crippen LogP contribution in [0.3, 0.4) is 0 Å². The molecule has 7 heteroatoms. The number of benzene rings is 1. The smallest absolute Gasteiger partial charge is 0.387 e. The molecule has 2 rings (SSSR count). The molecule has 5 nitrogen and oxygen atoms in total. The van der Waals surface area contributed by atoms with Crippen molar-refractivity contribution in [2.75, 3.05) is 25.5 Å². The molecule has 2 N–H and O–H groups in total. The largest absolute Gasteiger partial charge is 0.497 e. The minimum absolute atomic E-state index is 0.0746. The van der Waals surface area contributed by atoms with Gasteiger partial charge in [0.05, 0.1) is 12.8 Å². The number of alkyl halides is 2. The predicted octanol–water partition coefficient (Wildman–Crippen LogP) is 2.62. The van der Waals surface area contributed by atoms with Gasteiger partial charge in [-0.15, -0.1) is 0 Å². The molecule has 0 bridgehead atoms. The third-order valence-corrected chi connectivity index (χ3v) is 3.61. The van der Waals surface area contributed by atoms with Crippen molar-refractivity contribution in [1.82, 2.24) is 5.32 Å². The van der Waals surface area contributed by atoms with Crippen LogP contribution >= 0.6 is 0 Å². The molecule has 0 radical (unpaired) electrons. The average molecular weight is 314 g/mol. The number of piperidine rings is 1. The van der Waals surface area contributed by atoms with Gasteiger partial charge in [-0.05, 0) is 44.0 Å². The lowest BCUT2D eigenvalue weighted by atomic mass is 9.94. The van der Waals surface area contributed by atoms with E-state index >= 15 is 0 Å². The van der Waals surface area contributed by atoms with Crippen molar-refractivity contribution in [3.8, 4) is 11.5 Å². The summed E-state index contributed by atoms with van der Waals surface area (Å²) in [6, 6.07) is 4.32. The summed E-state index contributed by atoms with van der Waals surface area (Å²) in [5, 5.41) is 5.87. The molecule has 122 valence electrons. The average Bonchev–Trinajstić information content (AvgIpc) is 2.49. The number of hydrogen-bond acceptors (Lipinski definition) is 4. The highest BCUT2D eigenvalue weighted by Gasteiger charge is 2.18. The van der Waals surface area contributed by atoms with Gasteiger partial charge in [-0.25, -0.2) is 0 Å². The summed E-state index contributed by atoms with van der Waals surface area (Å²) in [6.45, 7) is -1.15. The zero-order valence-electron chi connectivity index (χ0n) is 12.4. The van der Waals surface area contributed by atoms with Gasteiger partial charge in [-0.2, -0.15) is 8.78 Å². The zero-order valence-corrected chi connectivity index (χ0v) is 12.4. The van der Waals surface area contributed by atoms with E-state index in [1.54, 1.807) is 0 Å². The van der Waals surface area contributed by atoms with Crippen LogP contribution in [-0.2, 0) is 4.79 Å². The summed E-state index contributed by atoms with van der Waals surface area (Å²) < 4.78 is 34.3. The van der Waals surface area contributed by atoms with E-state index in [1.807, 2.05) is 0 Å². The molecular formula is C15H20F2N2O3. The highest BCUT2D eigenvalue weighted by atomic mass is 19.3. The fourth-order valence-corrected chi connectivity index (χ4v) is 2.48. The van der Waals surface area contributed by atoms with E-state index in [4.69, 9.17) is 4.74 Å². The van der Waals surface area contributed by atoms with Gasteiger partial charge in [-0.1, -0.05) is 0 Å². The molecule has 1 saturated heterocycles. The number of halogens is 2. The van der Waals surface area contributed by atoms with Crippen molar-refractivity contribution in [3.63, 3.8) is 0 Å². The van der Waals surface area contributed by atoms with Crippen LogP contribution in [0.1, 0.15) is 19.3 Å². The molecule has 0 aromatic heterocycles. The summed E-state index contributed by atoms with van der Waals surface area (Å²) >= 11 is 0. The SMILES string of the molecule is COc1ccc(OC(F)F)c(NC(=O)CC2CCNCC2)c1. The van der Waals surface area contributed by atoms with Gasteiger partial charge >= 0.3 is 6.61 Å². The number of amides is 1. The summed E-state index contributed by atoms with van der Waals surface area (Å²) in [5.74, 6) is 0.485. The summed E-state index contributed by atoms with van der Waals surface area (Å²) in [5.41, 5.74) is 0.193. The number of rotatable bonds is 6. The fraction of sp³-hybridized carbons (Fsp3) is 0.533. The number of methoxy groups -OCH3 is 1. The minimum atomic E-state index is -2.95. The maximum absolute atomic E-state index is 12.4. The Bertz CT molecular complexity index is 506. The van der Waals surface area contributed by atoms with E-state index in [0.29, 0.717) is 18.1 Å². The third kappa shape index (κ3) is 4.84. The number of carbonyl (C=O) groups is 1. The van der Waals surface area contributed by atoms with E-state index < -0.39 is 6.61 Å². The van der Waals surface area contributed by atoms with Crippen LogP contribution in [-0.4, -0.2) is 32.7 Å². The Balaban J connectivity index is 2.03. The summed E-state index contributed by atoms with van der Waals surface area (Å²) in [4.78, 5) is 12.1. The van der Waals surface area contributed by atoms with E-state index in [0.717, 1.165) is 25.9 Å². The van der Waals surface area contributed by atoms with Crippen molar-refractivity contribution in [2.24, 2.45) is 5.92 Å². The second-order valence-corrected chi connectivity index (χ2v) is 5.19. The van der Waals surface area contributed by atoms with Gasteiger partial charge in [0.1, 0.15) is 11.5 Å². The van der Waals surface area contributed by atoms with Crippen LogP contribution < -0.4 is 20.1 Å². The molecular weight excluding hydrogens is 294 g/mol. The predicted molar refractivity (Wildman–Crippen MR) is 78.5 cm³/mol. The highest BCUT2D eigenvalue weighted by Crippen LogP contribution is 2.31. The quantitative estimate of drug-likeness (QED) is 0.847. The molecule has 1 heterocycles. The summed E-state index contributed by atoms with van der Waals surface area (Å²) in [6.07, 6.45) is 2.24. The fourth-order valence-electron chi connectivity index (χ4n) is 2.48. The molecule has 0 saturated carbocycles. The molecule has 1 fully saturated rings. The zero-order chi connectivity index (χ0) is 15.9. The number of hydrogen-bond donors (Lipinski definition) is 2. The Morgan fingerprint density at radius 2 is 2.14 bits per heavy atom. The Hall–Kier alpha value is -1.89. The maximum atomic E-state index is 12.4. The molecule has 0 unspecified atom stereocenters. The molecule has 1 aliphatic rings.